The molecule has 0 saturated heterocycles. The molecule has 0 atom stereocenters. The zero-order chi connectivity index (χ0) is 10.0. The second-order valence-corrected chi connectivity index (χ2v) is 4.03. The Morgan fingerprint density at radius 2 is 2.14 bits per heavy atom. The van der Waals surface area contributed by atoms with Crippen LogP contribution in [0.1, 0.15) is 44.4 Å². The summed E-state index contributed by atoms with van der Waals surface area (Å²) >= 11 is 0. The van der Waals surface area contributed by atoms with E-state index < -0.39 is 0 Å². The quantitative estimate of drug-likeness (QED) is 0.690. The van der Waals surface area contributed by atoms with Crippen LogP contribution >= 0.6 is 0 Å². The van der Waals surface area contributed by atoms with Gasteiger partial charge in [-0.2, -0.15) is 0 Å². The molecule has 1 heterocycles. The van der Waals surface area contributed by atoms with Gasteiger partial charge < -0.3 is 0 Å². The lowest BCUT2D eigenvalue weighted by molar-refractivity contribution is 0.395. The first-order valence-electron chi connectivity index (χ1n) is 5.44. The SMILES string of the molecule is CCC1(CC)CC=Cc2ncccc21. The maximum absolute atomic E-state index is 4.42. The Bertz CT molecular complexity index is 348. The summed E-state index contributed by atoms with van der Waals surface area (Å²) in [6, 6.07) is 4.29. The van der Waals surface area contributed by atoms with Crippen LogP contribution in [0.15, 0.2) is 24.4 Å². The van der Waals surface area contributed by atoms with Crippen molar-refractivity contribution < 1.29 is 0 Å². The lowest BCUT2D eigenvalue weighted by atomic mass is 9.70. The number of allylic oxidation sites excluding steroid dienone is 1. The number of pyridine rings is 1. The molecular formula is C13H17N. The van der Waals surface area contributed by atoms with Gasteiger partial charge in [0, 0.05) is 11.6 Å². The van der Waals surface area contributed by atoms with Crippen molar-refractivity contribution in [2.75, 3.05) is 0 Å². The van der Waals surface area contributed by atoms with Crippen LogP contribution in [0.4, 0.5) is 0 Å². The van der Waals surface area contributed by atoms with Crippen LogP contribution in [0.25, 0.3) is 6.08 Å². The molecule has 2 rings (SSSR count). The van der Waals surface area contributed by atoms with Crippen LogP contribution in [0.5, 0.6) is 0 Å². The third-order valence-corrected chi connectivity index (χ3v) is 3.55. The molecule has 0 amide bonds. The molecule has 1 nitrogen and oxygen atoms in total. The molecule has 0 saturated carbocycles. The summed E-state index contributed by atoms with van der Waals surface area (Å²) in [5.41, 5.74) is 2.95. The highest BCUT2D eigenvalue weighted by atomic mass is 14.7. The van der Waals surface area contributed by atoms with Crippen LogP contribution in [-0.4, -0.2) is 4.98 Å². The van der Waals surface area contributed by atoms with Crippen molar-refractivity contribution in [3.63, 3.8) is 0 Å². The van der Waals surface area contributed by atoms with E-state index in [4.69, 9.17) is 0 Å². The second kappa shape index (κ2) is 3.56. The fourth-order valence-electron chi connectivity index (χ4n) is 2.42. The lowest BCUT2D eigenvalue weighted by Crippen LogP contribution is -2.26. The summed E-state index contributed by atoms with van der Waals surface area (Å²) in [7, 11) is 0. The fraction of sp³-hybridized carbons (Fsp3) is 0.462. The molecule has 1 aliphatic rings. The van der Waals surface area contributed by atoms with E-state index in [-0.39, 0.29) is 0 Å². The second-order valence-electron chi connectivity index (χ2n) is 4.03. The highest BCUT2D eigenvalue weighted by molar-refractivity contribution is 5.55. The number of aromatic nitrogens is 1. The smallest absolute Gasteiger partial charge is 0.0664 e. The highest BCUT2D eigenvalue weighted by Crippen LogP contribution is 2.40. The molecule has 1 aliphatic carbocycles. The van der Waals surface area contributed by atoms with Gasteiger partial charge in [-0.15, -0.1) is 0 Å². The molecule has 1 heteroatoms. The van der Waals surface area contributed by atoms with Gasteiger partial charge in [0.05, 0.1) is 5.69 Å². The van der Waals surface area contributed by atoms with E-state index in [0.29, 0.717) is 5.41 Å². The standard InChI is InChI=1S/C13H17N/c1-3-13(4-2)9-5-8-12-11(13)7-6-10-14-12/h5-8,10H,3-4,9H2,1-2H3. The molecular weight excluding hydrogens is 170 g/mol. The minimum Gasteiger partial charge on any atom is -0.257 e. The Balaban J connectivity index is 2.54. The van der Waals surface area contributed by atoms with Crippen molar-refractivity contribution in [1.82, 2.24) is 4.98 Å². The van der Waals surface area contributed by atoms with Gasteiger partial charge in [-0.1, -0.05) is 26.0 Å². The molecule has 0 fully saturated rings. The molecule has 0 aliphatic heterocycles. The van der Waals surface area contributed by atoms with Crippen molar-refractivity contribution in [2.24, 2.45) is 0 Å². The Morgan fingerprint density at radius 1 is 1.36 bits per heavy atom. The third-order valence-electron chi connectivity index (χ3n) is 3.55. The van der Waals surface area contributed by atoms with Crippen LogP contribution in [0.2, 0.25) is 0 Å². The Kier molecular flexibility index (Phi) is 2.40. The van der Waals surface area contributed by atoms with Gasteiger partial charge in [0.2, 0.25) is 0 Å². The first-order valence-corrected chi connectivity index (χ1v) is 5.44. The normalized spacial score (nSPS) is 17.9. The minimum absolute atomic E-state index is 0.346. The lowest BCUT2D eigenvalue weighted by Gasteiger charge is -2.34. The Hall–Kier alpha value is -1.11. The summed E-state index contributed by atoms with van der Waals surface area (Å²) in [6.07, 6.45) is 9.86. The molecule has 0 aromatic carbocycles. The predicted molar refractivity (Wildman–Crippen MR) is 60.1 cm³/mol. The van der Waals surface area contributed by atoms with Crippen molar-refractivity contribution >= 4 is 6.08 Å². The van der Waals surface area contributed by atoms with E-state index in [9.17, 15) is 0 Å². The summed E-state index contributed by atoms with van der Waals surface area (Å²) in [5.74, 6) is 0. The van der Waals surface area contributed by atoms with Gasteiger partial charge in [0.1, 0.15) is 0 Å². The topological polar surface area (TPSA) is 12.9 Å². The summed E-state index contributed by atoms with van der Waals surface area (Å²) in [6.45, 7) is 4.55. The number of nitrogens with zero attached hydrogens (tertiary/aromatic N) is 1. The third kappa shape index (κ3) is 1.28. The number of hydrogen-bond acceptors (Lipinski definition) is 1. The van der Waals surface area contributed by atoms with E-state index in [2.05, 4.69) is 43.1 Å². The summed E-state index contributed by atoms with van der Waals surface area (Å²) in [4.78, 5) is 4.42. The van der Waals surface area contributed by atoms with Gasteiger partial charge >= 0.3 is 0 Å². The van der Waals surface area contributed by atoms with Crippen molar-refractivity contribution in [3.05, 3.63) is 35.7 Å². The largest absolute Gasteiger partial charge is 0.257 e. The average molecular weight is 187 g/mol. The van der Waals surface area contributed by atoms with E-state index in [1.165, 1.54) is 30.5 Å². The monoisotopic (exact) mass is 187 g/mol. The molecule has 74 valence electrons. The molecule has 0 bridgehead atoms. The molecule has 0 unspecified atom stereocenters. The predicted octanol–water partition coefficient (Wildman–Crippen LogP) is 3.56. The van der Waals surface area contributed by atoms with Crippen LogP contribution in [-0.2, 0) is 5.41 Å². The maximum atomic E-state index is 4.42. The van der Waals surface area contributed by atoms with Crippen LogP contribution in [0, 0.1) is 0 Å². The Morgan fingerprint density at radius 3 is 2.86 bits per heavy atom. The summed E-state index contributed by atoms with van der Waals surface area (Å²) in [5, 5.41) is 0. The van der Waals surface area contributed by atoms with Gasteiger partial charge in [0.15, 0.2) is 0 Å². The number of fused-ring (bicyclic) bond motifs is 1. The molecule has 14 heavy (non-hydrogen) atoms. The molecule has 0 radical (unpaired) electrons. The zero-order valence-electron chi connectivity index (χ0n) is 8.96. The number of rotatable bonds is 2. The van der Waals surface area contributed by atoms with E-state index in [1.54, 1.807) is 0 Å². The minimum atomic E-state index is 0.346. The van der Waals surface area contributed by atoms with Gasteiger partial charge in [-0.05, 0) is 37.0 Å². The molecule has 0 spiro atoms. The van der Waals surface area contributed by atoms with Crippen molar-refractivity contribution in [3.8, 4) is 0 Å². The Labute approximate surface area is 85.9 Å². The van der Waals surface area contributed by atoms with Crippen LogP contribution in [0.3, 0.4) is 0 Å². The maximum Gasteiger partial charge on any atom is 0.0664 e. The van der Waals surface area contributed by atoms with Crippen molar-refractivity contribution in [1.29, 1.82) is 0 Å². The number of hydrogen-bond donors (Lipinski definition) is 0. The van der Waals surface area contributed by atoms with E-state index >= 15 is 0 Å². The van der Waals surface area contributed by atoms with Crippen molar-refractivity contribution in [2.45, 2.75) is 38.5 Å². The van der Waals surface area contributed by atoms with E-state index in [1.807, 2.05) is 6.20 Å². The first kappa shape index (κ1) is 9.45. The van der Waals surface area contributed by atoms with Gasteiger partial charge in [-0.3, -0.25) is 4.98 Å². The van der Waals surface area contributed by atoms with E-state index in [0.717, 1.165) is 0 Å². The van der Waals surface area contributed by atoms with Gasteiger partial charge in [-0.25, -0.2) is 0 Å². The van der Waals surface area contributed by atoms with Gasteiger partial charge in [0.25, 0.3) is 0 Å². The summed E-state index contributed by atoms with van der Waals surface area (Å²) < 4.78 is 0. The van der Waals surface area contributed by atoms with Crippen LogP contribution < -0.4 is 0 Å². The highest BCUT2D eigenvalue weighted by Gasteiger charge is 2.31. The molecule has 0 N–H and O–H groups in total. The molecule has 1 aromatic heterocycles. The first-order chi connectivity index (χ1) is 6.82. The fourth-order valence-corrected chi connectivity index (χ4v) is 2.42. The molecule has 1 aromatic rings. The zero-order valence-corrected chi connectivity index (χ0v) is 8.96. The average Bonchev–Trinajstić information content (AvgIpc) is 2.28.